The fourth-order valence-electron chi connectivity index (χ4n) is 8.03. The number of carbonyl (C=O) groups excluding carboxylic acids is 2. The number of amides is 1. The average Bonchev–Trinajstić information content (AvgIpc) is 3.48. The maximum absolute atomic E-state index is 14.3. The molecule has 0 aromatic heterocycles. The first-order valence-electron chi connectivity index (χ1n) is 18.6. The number of benzene rings is 3. The van der Waals surface area contributed by atoms with Crippen LogP contribution in [-0.2, 0) is 30.5 Å². The smallest absolute Gasteiger partial charge is 0.279 e. The zero-order chi connectivity index (χ0) is 42.5. The zero-order valence-corrected chi connectivity index (χ0v) is 34.4. The summed E-state index contributed by atoms with van der Waals surface area (Å²) in [6.07, 6.45) is 2.32. The number of aliphatic hydroxyl groups is 1. The number of hydrogen-bond donors (Lipinski definition) is 3. The van der Waals surface area contributed by atoms with E-state index in [1.165, 1.54) is 20.1 Å². The number of fused-ring (bicyclic) bond motifs is 2. The summed E-state index contributed by atoms with van der Waals surface area (Å²) in [6, 6.07) is 16.5. The largest absolute Gasteiger partial charge is 0.748 e. The van der Waals surface area contributed by atoms with Gasteiger partial charge in [0.25, 0.3) is 5.69 Å². The van der Waals surface area contributed by atoms with E-state index in [2.05, 4.69) is 10.6 Å². The van der Waals surface area contributed by atoms with Crippen molar-refractivity contribution in [2.45, 2.75) is 57.6 Å². The molecule has 0 fully saturated rings. The van der Waals surface area contributed by atoms with Crippen LogP contribution in [0.15, 0.2) is 95.4 Å². The Hall–Kier alpha value is -5.84. The fourth-order valence-corrected chi connectivity index (χ4v) is 8.67. The van der Waals surface area contributed by atoms with Crippen LogP contribution in [0.2, 0.25) is 0 Å². The molecule has 0 saturated carbocycles. The molecule has 2 atom stereocenters. The van der Waals surface area contributed by atoms with Crippen LogP contribution in [0.1, 0.15) is 57.4 Å². The number of anilines is 1. The summed E-state index contributed by atoms with van der Waals surface area (Å²) < 4.78 is 49.8. The fraction of sp³-hybridized carbons (Fsp3) is 0.357. The Labute approximate surface area is 337 Å². The molecule has 3 N–H and O–H groups in total. The van der Waals surface area contributed by atoms with Crippen LogP contribution in [0.3, 0.4) is 0 Å². The molecule has 16 heteroatoms. The number of rotatable bonds is 14. The normalized spacial score (nSPS) is 19.1. The topological polar surface area (TPSA) is 203 Å². The molecule has 0 bridgehead atoms. The molecule has 306 valence electrons. The third-order valence-corrected chi connectivity index (χ3v) is 11.8. The van der Waals surface area contributed by atoms with Crippen LogP contribution in [0.5, 0.6) is 11.5 Å². The number of aliphatic hydroxyl groups excluding tert-OH is 1. The number of nitrogens with zero attached hydrogens (tertiary/aromatic N) is 3. The van der Waals surface area contributed by atoms with E-state index in [1.54, 1.807) is 12.2 Å². The Morgan fingerprint density at radius 2 is 1.69 bits per heavy atom. The number of ketones is 1. The number of carbonyl (C=O) groups is 2. The van der Waals surface area contributed by atoms with Crippen molar-refractivity contribution in [3.8, 4) is 11.5 Å². The van der Waals surface area contributed by atoms with Gasteiger partial charge in [0.05, 0.1) is 68.9 Å². The maximum Gasteiger partial charge on any atom is 0.279 e. The molecular formula is C42H47N5O10S. The number of likely N-dealkylation sites (N-methyl/N-ethyl adjacent to an activating group) is 1. The first kappa shape index (κ1) is 41.8. The van der Waals surface area contributed by atoms with Gasteiger partial charge in [0.1, 0.15) is 19.7 Å². The Kier molecular flexibility index (Phi) is 11.2. The zero-order valence-electron chi connectivity index (χ0n) is 33.6. The van der Waals surface area contributed by atoms with Crippen molar-refractivity contribution in [3.05, 3.63) is 122 Å². The van der Waals surface area contributed by atoms with Crippen molar-refractivity contribution < 1.29 is 46.6 Å². The van der Waals surface area contributed by atoms with E-state index < -0.39 is 55.4 Å². The molecule has 0 saturated heterocycles. The SMILES string of the molecule is COc1cc(C(C)O)c([N+](=O)[O-])cc1OCCNC(=O)C(CS(=O)(=O)[O-])NC1=C(/C=C2/N(C)c3ccccc3C2(C)C)C(=O)/C1=C\C1=[N+](C)c2ccccc2C1(C)C. The highest BCUT2D eigenvalue weighted by Gasteiger charge is 2.46. The van der Waals surface area contributed by atoms with Gasteiger partial charge in [-0.05, 0) is 44.5 Å². The van der Waals surface area contributed by atoms with Gasteiger partial charge >= 0.3 is 0 Å². The molecule has 58 heavy (non-hydrogen) atoms. The number of hydrogen-bond acceptors (Lipinski definition) is 12. The second-order valence-corrected chi connectivity index (χ2v) is 17.0. The predicted molar refractivity (Wildman–Crippen MR) is 217 cm³/mol. The van der Waals surface area contributed by atoms with Gasteiger partial charge in [-0.1, -0.05) is 50.2 Å². The number of nitro groups is 1. The molecule has 6 rings (SSSR count). The van der Waals surface area contributed by atoms with Crippen molar-refractivity contribution in [1.29, 1.82) is 0 Å². The summed E-state index contributed by atoms with van der Waals surface area (Å²) in [7, 11) is 0.119. The van der Waals surface area contributed by atoms with E-state index >= 15 is 0 Å². The summed E-state index contributed by atoms with van der Waals surface area (Å²) in [4.78, 5) is 41.0. The van der Waals surface area contributed by atoms with Gasteiger partial charge in [0, 0.05) is 47.1 Å². The van der Waals surface area contributed by atoms with Crippen LogP contribution < -0.4 is 25.0 Å². The van der Waals surface area contributed by atoms with E-state index in [1.807, 2.05) is 99.8 Å². The minimum atomic E-state index is -4.99. The first-order chi connectivity index (χ1) is 27.2. The number of para-hydroxylation sites is 2. The first-order valence-corrected chi connectivity index (χ1v) is 20.2. The van der Waals surface area contributed by atoms with Gasteiger partial charge in [0.15, 0.2) is 23.0 Å². The van der Waals surface area contributed by atoms with Gasteiger partial charge in [-0.2, -0.15) is 4.58 Å². The summed E-state index contributed by atoms with van der Waals surface area (Å²) in [6.45, 7) is 9.07. The van der Waals surface area contributed by atoms with Gasteiger partial charge in [-0.3, -0.25) is 19.7 Å². The van der Waals surface area contributed by atoms with E-state index in [0.717, 1.165) is 40.0 Å². The molecular weight excluding hydrogens is 767 g/mol. The molecule has 1 amide bonds. The Morgan fingerprint density at radius 3 is 2.29 bits per heavy atom. The number of methoxy groups -OCH3 is 1. The predicted octanol–water partition coefficient (Wildman–Crippen LogP) is 4.44. The van der Waals surface area contributed by atoms with E-state index in [0.29, 0.717) is 0 Å². The minimum Gasteiger partial charge on any atom is -0.748 e. The number of nitrogens with one attached hydrogen (secondary N) is 2. The molecule has 2 aliphatic heterocycles. The van der Waals surface area contributed by atoms with Gasteiger partial charge in [-0.15, -0.1) is 0 Å². The van der Waals surface area contributed by atoms with Gasteiger partial charge < -0.3 is 34.7 Å². The molecule has 15 nitrogen and oxygen atoms in total. The second-order valence-electron chi connectivity index (χ2n) is 15.5. The van der Waals surface area contributed by atoms with Crippen LogP contribution >= 0.6 is 0 Å². The highest BCUT2D eigenvalue weighted by atomic mass is 32.2. The summed E-state index contributed by atoms with van der Waals surface area (Å²) in [5.41, 5.74) is 4.80. The van der Waals surface area contributed by atoms with Crippen molar-refractivity contribution in [2.75, 3.05) is 45.0 Å². The lowest BCUT2D eigenvalue weighted by Crippen LogP contribution is -2.51. The lowest BCUT2D eigenvalue weighted by Gasteiger charge is -2.32. The number of Topliss-reactive ketones (excluding diaryl/α,β-unsaturated/α-hetero) is 1. The second kappa shape index (κ2) is 15.5. The summed E-state index contributed by atoms with van der Waals surface area (Å²) >= 11 is 0. The molecule has 1 aliphatic carbocycles. The third kappa shape index (κ3) is 7.62. The summed E-state index contributed by atoms with van der Waals surface area (Å²) in [5, 5.41) is 27.3. The lowest BCUT2D eigenvalue weighted by molar-refractivity contribution is -0.401. The average molecular weight is 814 g/mol. The molecule has 3 aliphatic rings. The maximum atomic E-state index is 14.3. The summed E-state index contributed by atoms with van der Waals surface area (Å²) in [5.74, 6) is -2.27. The van der Waals surface area contributed by atoms with Crippen LogP contribution in [0, 0.1) is 10.1 Å². The molecule has 2 heterocycles. The monoisotopic (exact) mass is 813 g/mol. The highest BCUT2D eigenvalue weighted by Crippen LogP contribution is 2.48. The number of ether oxygens (including phenoxy) is 2. The molecule has 3 aromatic carbocycles. The van der Waals surface area contributed by atoms with Gasteiger partial charge in [0.2, 0.25) is 11.6 Å². The molecule has 2 unspecified atom stereocenters. The van der Waals surface area contributed by atoms with Crippen LogP contribution in [0.25, 0.3) is 0 Å². The van der Waals surface area contributed by atoms with Crippen LogP contribution in [-0.4, -0.2) is 91.1 Å². The molecule has 0 spiro atoms. The number of nitro benzene ring substituents is 1. The quantitative estimate of drug-likeness (QED) is 0.0517. The van der Waals surface area contributed by atoms with Crippen molar-refractivity contribution >= 4 is 44.6 Å². The Bertz CT molecular complexity index is 2460. The number of allylic oxidation sites excluding steroid dienone is 5. The molecule has 3 aromatic rings. The van der Waals surface area contributed by atoms with E-state index in [-0.39, 0.29) is 52.8 Å². The Morgan fingerprint density at radius 1 is 1.03 bits per heavy atom. The highest BCUT2D eigenvalue weighted by molar-refractivity contribution is 7.85. The van der Waals surface area contributed by atoms with E-state index in [4.69, 9.17) is 9.47 Å². The van der Waals surface area contributed by atoms with Gasteiger partial charge in [-0.25, -0.2) is 8.42 Å². The third-order valence-electron chi connectivity index (χ3n) is 11.1. The standard InChI is InChI=1S/C42H47N5O10S/c1-24(48)25-19-34(56-8)35(22-33(25)47(51)52)57-18-17-43-40(50)30(23-58(53,54)55)44-38-26(20-36-41(2,3)28-13-9-11-15-31(28)45(36)6)39(49)27(38)21-37-42(4,5)29-14-10-12-16-32(29)46(37)7/h9-16,19-22,24,30,48H,17-18,23H2,1-8H3,(H2-,43,44,49,50,53,54,55). The Balaban J connectivity index is 1.34. The van der Waals surface area contributed by atoms with Crippen molar-refractivity contribution in [1.82, 2.24) is 10.6 Å². The lowest BCUT2D eigenvalue weighted by atomic mass is 9.77. The van der Waals surface area contributed by atoms with Crippen molar-refractivity contribution in [3.63, 3.8) is 0 Å². The van der Waals surface area contributed by atoms with Crippen molar-refractivity contribution in [2.24, 2.45) is 0 Å². The van der Waals surface area contributed by atoms with Crippen LogP contribution in [0.4, 0.5) is 17.1 Å². The molecule has 0 radical (unpaired) electrons. The van der Waals surface area contributed by atoms with E-state index in [9.17, 15) is 37.8 Å². The minimum absolute atomic E-state index is 0.0150.